The van der Waals surface area contributed by atoms with Crippen LogP contribution in [0.3, 0.4) is 0 Å². The third-order valence-corrected chi connectivity index (χ3v) is 3.02. The number of unbranched alkanes of at least 4 members (excludes halogenated alkanes) is 2. The zero-order valence-electron chi connectivity index (χ0n) is 11.0. The summed E-state index contributed by atoms with van der Waals surface area (Å²) in [6, 6.07) is 0.447. The first-order chi connectivity index (χ1) is 8.19. The zero-order chi connectivity index (χ0) is 12.7. The van der Waals surface area contributed by atoms with Gasteiger partial charge in [-0.05, 0) is 20.3 Å². The molecule has 0 saturated heterocycles. The van der Waals surface area contributed by atoms with Crippen molar-refractivity contribution in [3.8, 4) is 0 Å². The highest BCUT2D eigenvalue weighted by molar-refractivity contribution is 6.16. The fourth-order valence-corrected chi connectivity index (χ4v) is 1.87. The summed E-state index contributed by atoms with van der Waals surface area (Å²) in [5.41, 5.74) is 0.827. The molecule has 0 fully saturated rings. The summed E-state index contributed by atoms with van der Waals surface area (Å²) in [5.74, 6) is 1.37. The first kappa shape index (κ1) is 14.2. The standard InChI is InChI=1S/C13H22ClN3/c1-4-5-6-7-17(11(2)3)13-10-15-12(8-14)9-16-13/h9-11H,4-8H2,1-3H3. The van der Waals surface area contributed by atoms with Crippen molar-refractivity contribution in [2.24, 2.45) is 0 Å². The minimum absolute atomic E-state index is 0.421. The van der Waals surface area contributed by atoms with E-state index in [1.165, 1.54) is 19.3 Å². The second kappa shape index (κ2) is 7.49. The van der Waals surface area contributed by atoms with Gasteiger partial charge < -0.3 is 4.90 Å². The van der Waals surface area contributed by atoms with E-state index in [-0.39, 0.29) is 0 Å². The molecule has 0 aliphatic heterocycles. The molecule has 1 heterocycles. The first-order valence-corrected chi connectivity index (χ1v) is 6.86. The number of aromatic nitrogens is 2. The number of nitrogens with zero attached hydrogens (tertiary/aromatic N) is 3. The summed E-state index contributed by atoms with van der Waals surface area (Å²) < 4.78 is 0. The smallest absolute Gasteiger partial charge is 0.147 e. The highest BCUT2D eigenvalue weighted by Gasteiger charge is 2.11. The van der Waals surface area contributed by atoms with E-state index in [0.29, 0.717) is 11.9 Å². The van der Waals surface area contributed by atoms with Gasteiger partial charge in [0.15, 0.2) is 0 Å². The van der Waals surface area contributed by atoms with Gasteiger partial charge in [-0.15, -0.1) is 11.6 Å². The number of anilines is 1. The van der Waals surface area contributed by atoms with Crippen molar-refractivity contribution in [1.82, 2.24) is 9.97 Å². The predicted molar refractivity (Wildman–Crippen MR) is 73.6 cm³/mol. The van der Waals surface area contributed by atoms with Crippen molar-refractivity contribution in [1.29, 1.82) is 0 Å². The molecular weight excluding hydrogens is 234 g/mol. The van der Waals surface area contributed by atoms with Crippen LogP contribution in [0.2, 0.25) is 0 Å². The maximum atomic E-state index is 5.71. The Hall–Kier alpha value is -0.830. The molecule has 17 heavy (non-hydrogen) atoms. The molecule has 4 heteroatoms. The van der Waals surface area contributed by atoms with Crippen LogP contribution in [-0.2, 0) is 5.88 Å². The molecule has 0 aliphatic rings. The Bertz CT molecular complexity index is 311. The molecule has 0 aliphatic carbocycles. The van der Waals surface area contributed by atoms with Crippen molar-refractivity contribution in [3.63, 3.8) is 0 Å². The van der Waals surface area contributed by atoms with Gasteiger partial charge in [0.25, 0.3) is 0 Å². The van der Waals surface area contributed by atoms with E-state index in [2.05, 4.69) is 35.6 Å². The van der Waals surface area contributed by atoms with Crippen LogP contribution in [0.25, 0.3) is 0 Å². The molecular formula is C13H22ClN3. The number of hydrogen-bond donors (Lipinski definition) is 0. The maximum Gasteiger partial charge on any atom is 0.147 e. The van der Waals surface area contributed by atoms with Crippen LogP contribution in [0.5, 0.6) is 0 Å². The Morgan fingerprint density at radius 1 is 1.24 bits per heavy atom. The minimum Gasteiger partial charge on any atom is -0.353 e. The summed E-state index contributed by atoms with van der Waals surface area (Å²) in [7, 11) is 0. The van der Waals surface area contributed by atoms with Gasteiger partial charge >= 0.3 is 0 Å². The maximum absolute atomic E-state index is 5.71. The Kier molecular flexibility index (Phi) is 6.27. The molecule has 0 amide bonds. The second-order valence-electron chi connectivity index (χ2n) is 4.49. The lowest BCUT2D eigenvalue weighted by Crippen LogP contribution is -2.32. The highest BCUT2D eigenvalue weighted by atomic mass is 35.5. The molecule has 1 aromatic heterocycles. The molecule has 3 nitrogen and oxygen atoms in total. The van der Waals surface area contributed by atoms with E-state index in [0.717, 1.165) is 18.1 Å². The monoisotopic (exact) mass is 255 g/mol. The summed E-state index contributed by atoms with van der Waals surface area (Å²) in [4.78, 5) is 11.0. The predicted octanol–water partition coefficient (Wildman–Crippen LogP) is 3.62. The molecule has 0 N–H and O–H groups in total. The van der Waals surface area contributed by atoms with Gasteiger partial charge in [0.05, 0.1) is 24.0 Å². The summed E-state index contributed by atoms with van der Waals surface area (Å²) in [6.45, 7) is 7.63. The van der Waals surface area contributed by atoms with Gasteiger partial charge in [-0.3, -0.25) is 4.98 Å². The van der Waals surface area contributed by atoms with E-state index in [4.69, 9.17) is 11.6 Å². The molecule has 1 rings (SSSR count). The fourth-order valence-electron chi connectivity index (χ4n) is 1.73. The van der Waals surface area contributed by atoms with Gasteiger partial charge in [-0.2, -0.15) is 0 Å². The number of rotatable bonds is 7. The zero-order valence-corrected chi connectivity index (χ0v) is 11.7. The largest absolute Gasteiger partial charge is 0.353 e. The van der Waals surface area contributed by atoms with Crippen LogP contribution >= 0.6 is 11.6 Å². The van der Waals surface area contributed by atoms with Crippen molar-refractivity contribution < 1.29 is 0 Å². The van der Waals surface area contributed by atoms with Crippen molar-refractivity contribution in [3.05, 3.63) is 18.1 Å². The molecule has 0 bridgehead atoms. The molecule has 96 valence electrons. The Balaban J connectivity index is 2.68. The number of hydrogen-bond acceptors (Lipinski definition) is 3. The van der Waals surface area contributed by atoms with Gasteiger partial charge in [-0.1, -0.05) is 19.8 Å². The molecule has 0 radical (unpaired) electrons. The van der Waals surface area contributed by atoms with Crippen LogP contribution in [0.15, 0.2) is 12.4 Å². The lowest BCUT2D eigenvalue weighted by atomic mass is 10.2. The van der Waals surface area contributed by atoms with Crippen LogP contribution in [-0.4, -0.2) is 22.6 Å². The quantitative estimate of drug-likeness (QED) is 0.550. The van der Waals surface area contributed by atoms with Gasteiger partial charge in [0.2, 0.25) is 0 Å². The normalized spacial score (nSPS) is 10.9. The topological polar surface area (TPSA) is 29.0 Å². The lowest BCUT2D eigenvalue weighted by Gasteiger charge is -2.27. The van der Waals surface area contributed by atoms with E-state index in [1.807, 2.05) is 6.20 Å². The Morgan fingerprint density at radius 2 is 2.00 bits per heavy atom. The fraction of sp³-hybridized carbons (Fsp3) is 0.692. The van der Waals surface area contributed by atoms with Crippen LogP contribution in [0, 0.1) is 0 Å². The van der Waals surface area contributed by atoms with Crippen LogP contribution in [0.1, 0.15) is 45.7 Å². The lowest BCUT2D eigenvalue weighted by molar-refractivity contribution is 0.618. The van der Waals surface area contributed by atoms with Crippen molar-refractivity contribution >= 4 is 17.4 Å². The third-order valence-electron chi connectivity index (χ3n) is 2.75. The van der Waals surface area contributed by atoms with Gasteiger partial charge in [-0.25, -0.2) is 4.98 Å². The molecule has 0 aromatic carbocycles. The van der Waals surface area contributed by atoms with E-state index < -0.39 is 0 Å². The van der Waals surface area contributed by atoms with E-state index in [1.54, 1.807) is 6.20 Å². The van der Waals surface area contributed by atoms with Gasteiger partial charge in [0, 0.05) is 12.6 Å². The summed E-state index contributed by atoms with van der Waals surface area (Å²) in [5, 5.41) is 0. The highest BCUT2D eigenvalue weighted by Crippen LogP contribution is 2.14. The Morgan fingerprint density at radius 3 is 2.47 bits per heavy atom. The number of halogens is 1. The summed E-state index contributed by atoms with van der Waals surface area (Å²) >= 11 is 5.71. The Labute approximate surface area is 109 Å². The average Bonchev–Trinajstić information content (AvgIpc) is 2.34. The minimum atomic E-state index is 0.421. The van der Waals surface area contributed by atoms with Crippen LogP contribution in [0.4, 0.5) is 5.82 Å². The van der Waals surface area contributed by atoms with Gasteiger partial charge in [0.1, 0.15) is 5.82 Å². The average molecular weight is 256 g/mol. The summed E-state index contributed by atoms with van der Waals surface area (Å²) in [6.07, 6.45) is 7.29. The van der Waals surface area contributed by atoms with E-state index in [9.17, 15) is 0 Å². The molecule has 0 saturated carbocycles. The first-order valence-electron chi connectivity index (χ1n) is 6.32. The molecule has 0 spiro atoms. The van der Waals surface area contributed by atoms with Crippen molar-refractivity contribution in [2.75, 3.05) is 11.4 Å². The molecule has 0 atom stereocenters. The molecule has 1 aromatic rings. The van der Waals surface area contributed by atoms with Crippen LogP contribution < -0.4 is 4.90 Å². The molecule has 0 unspecified atom stereocenters. The second-order valence-corrected chi connectivity index (χ2v) is 4.76. The van der Waals surface area contributed by atoms with Crippen molar-refractivity contribution in [2.45, 2.75) is 52.0 Å². The SMILES string of the molecule is CCCCCN(c1cnc(CCl)cn1)C(C)C. The van der Waals surface area contributed by atoms with E-state index >= 15 is 0 Å². The number of alkyl halides is 1. The third kappa shape index (κ3) is 4.50.